The van der Waals surface area contributed by atoms with E-state index in [1.54, 1.807) is 0 Å². The van der Waals surface area contributed by atoms with Gasteiger partial charge in [0.1, 0.15) is 10.9 Å². The third kappa shape index (κ3) is 2.49. The van der Waals surface area contributed by atoms with Crippen molar-refractivity contribution in [3.63, 3.8) is 0 Å². The second-order valence-corrected chi connectivity index (χ2v) is 5.43. The van der Waals surface area contributed by atoms with Crippen LogP contribution in [0.3, 0.4) is 0 Å². The topological polar surface area (TPSA) is 75.1 Å². The van der Waals surface area contributed by atoms with Crippen LogP contribution >= 0.6 is 11.8 Å². The Morgan fingerprint density at radius 3 is 2.61 bits per heavy atom. The van der Waals surface area contributed by atoms with E-state index >= 15 is 0 Å². The molecule has 1 aliphatic carbocycles. The summed E-state index contributed by atoms with van der Waals surface area (Å²) < 4.78 is 0. The number of aryl methyl sites for hydroxylation is 2. The number of carbonyl (C=O) groups is 1. The molecule has 1 fully saturated rings. The Labute approximate surface area is 110 Å². The minimum Gasteiger partial charge on any atom is -0.394 e. The van der Waals surface area contributed by atoms with Gasteiger partial charge in [-0.3, -0.25) is 4.79 Å². The van der Waals surface area contributed by atoms with Crippen LogP contribution in [0.1, 0.15) is 34.7 Å². The molecule has 98 valence electrons. The Bertz CT molecular complexity index is 486. The van der Waals surface area contributed by atoms with E-state index < -0.39 is 5.54 Å². The van der Waals surface area contributed by atoms with Gasteiger partial charge in [-0.05, 0) is 32.9 Å². The molecule has 1 aromatic heterocycles. The number of nitrogens with zero attached hydrogens (tertiary/aromatic N) is 2. The van der Waals surface area contributed by atoms with Crippen LogP contribution in [0.4, 0.5) is 0 Å². The fourth-order valence-electron chi connectivity index (χ4n) is 1.87. The Morgan fingerprint density at radius 1 is 1.44 bits per heavy atom. The van der Waals surface area contributed by atoms with Gasteiger partial charge in [0.25, 0.3) is 5.91 Å². The van der Waals surface area contributed by atoms with E-state index in [2.05, 4.69) is 15.3 Å². The number of aliphatic hydroxyl groups is 1. The number of rotatable bonds is 4. The van der Waals surface area contributed by atoms with Crippen molar-refractivity contribution in [3.8, 4) is 0 Å². The van der Waals surface area contributed by atoms with E-state index in [9.17, 15) is 9.90 Å². The molecule has 0 saturated heterocycles. The normalized spacial score (nSPS) is 16.4. The maximum Gasteiger partial charge on any atom is 0.256 e. The highest BCUT2D eigenvalue weighted by molar-refractivity contribution is 7.98. The molecule has 5 nitrogen and oxygen atoms in total. The van der Waals surface area contributed by atoms with Gasteiger partial charge < -0.3 is 10.4 Å². The first-order valence-electron chi connectivity index (χ1n) is 5.84. The average Bonchev–Trinajstić information content (AvgIpc) is 3.08. The molecule has 0 atom stereocenters. The van der Waals surface area contributed by atoms with Gasteiger partial charge in [0, 0.05) is 0 Å². The number of thioether (sulfide) groups is 1. The van der Waals surface area contributed by atoms with Gasteiger partial charge in [0.15, 0.2) is 0 Å². The first kappa shape index (κ1) is 13.3. The summed E-state index contributed by atoms with van der Waals surface area (Å²) in [4.78, 5) is 20.8. The fourth-order valence-corrected chi connectivity index (χ4v) is 2.54. The summed E-state index contributed by atoms with van der Waals surface area (Å²) in [6.45, 7) is 3.60. The van der Waals surface area contributed by atoms with Crippen molar-refractivity contribution in [1.29, 1.82) is 0 Å². The predicted molar refractivity (Wildman–Crippen MR) is 69.8 cm³/mol. The standard InChI is InChI=1S/C12H17N3O2S/c1-7-9(11(18-3)14-8(2)13-7)10(17)15-12(6-16)4-5-12/h16H,4-6H2,1-3H3,(H,15,17). The molecule has 0 aliphatic heterocycles. The second-order valence-electron chi connectivity index (χ2n) is 4.63. The summed E-state index contributed by atoms with van der Waals surface area (Å²) in [5.41, 5.74) is 0.787. The summed E-state index contributed by atoms with van der Waals surface area (Å²) >= 11 is 1.43. The van der Waals surface area contributed by atoms with Gasteiger partial charge in [0.2, 0.25) is 0 Å². The number of hydrogen-bond donors (Lipinski definition) is 2. The molecule has 18 heavy (non-hydrogen) atoms. The van der Waals surface area contributed by atoms with Crippen molar-refractivity contribution in [1.82, 2.24) is 15.3 Å². The van der Waals surface area contributed by atoms with Crippen LogP contribution in [0.5, 0.6) is 0 Å². The molecule has 0 aromatic carbocycles. The number of aliphatic hydroxyl groups excluding tert-OH is 1. The smallest absolute Gasteiger partial charge is 0.256 e. The lowest BCUT2D eigenvalue weighted by molar-refractivity contribution is 0.0902. The molecule has 1 heterocycles. The van der Waals surface area contributed by atoms with Crippen LogP contribution in [0.15, 0.2) is 5.03 Å². The Morgan fingerprint density at radius 2 is 2.11 bits per heavy atom. The summed E-state index contributed by atoms with van der Waals surface area (Å²) in [7, 11) is 0. The lowest BCUT2D eigenvalue weighted by Crippen LogP contribution is -2.40. The van der Waals surface area contributed by atoms with Crippen molar-refractivity contribution in [3.05, 3.63) is 17.1 Å². The number of carbonyl (C=O) groups excluding carboxylic acids is 1. The van der Waals surface area contributed by atoms with Gasteiger partial charge in [-0.15, -0.1) is 11.8 Å². The molecule has 0 spiro atoms. The molecule has 1 aromatic rings. The highest BCUT2D eigenvalue weighted by atomic mass is 32.2. The van der Waals surface area contributed by atoms with Crippen LogP contribution in [-0.2, 0) is 0 Å². The molecular weight excluding hydrogens is 250 g/mol. The Balaban J connectivity index is 2.29. The largest absolute Gasteiger partial charge is 0.394 e. The first-order valence-corrected chi connectivity index (χ1v) is 7.06. The molecule has 1 saturated carbocycles. The monoisotopic (exact) mass is 267 g/mol. The molecule has 1 aliphatic rings. The zero-order valence-corrected chi connectivity index (χ0v) is 11.6. The summed E-state index contributed by atoms with van der Waals surface area (Å²) in [5, 5.41) is 12.8. The zero-order valence-electron chi connectivity index (χ0n) is 10.8. The molecule has 0 unspecified atom stereocenters. The zero-order chi connectivity index (χ0) is 13.3. The van der Waals surface area contributed by atoms with Crippen LogP contribution in [0.25, 0.3) is 0 Å². The lowest BCUT2D eigenvalue weighted by atomic mass is 10.2. The van der Waals surface area contributed by atoms with Crippen LogP contribution in [-0.4, -0.2) is 39.4 Å². The highest BCUT2D eigenvalue weighted by Crippen LogP contribution is 2.35. The molecule has 0 bridgehead atoms. The second kappa shape index (κ2) is 4.85. The van der Waals surface area contributed by atoms with Gasteiger partial charge in [-0.25, -0.2) is 9.97 Å². The predicted octanol–water partition coefficient (Wildman–Crippen LogP) is 1.07. The van der Waals surface area contributed by atoms with Crippen LogP contribution < -0.4 is 5.32 Å². The molecule has 1 amide bonds. The van der Waals surface area contributed by atoms with E-state index in [0.717, 1.165) is 12.8 Å². The minimum absolute atomic E-state index is 0.0148. The third-order valence-corrected chi connectivity index (χ3v) is 3.81. The lowest BCUT2D eigenvalue weighted by Gasteiger charge is -2.16. The maximum absolute atomic E-state index is 12.3. The van der Waals surface area contributed by atoms with Gasteiger partial charge in [0.05, 0.1) is 23.4 Å². The van der Waals surface area contributed by atoms with Crippen LogP contribution in [0.2, 0.25) is 0 Å². The SMILES string of the molecule is CSc1nc(C)nc(C)c1C(=O)NC1(CO)CC1. The molecule has 0 radical (unpaired) electrons. The average molecular weight is 267 g/mol. The molecule has 2 N–H and O–H groups in total. The van der Waals surface area contributed by atoms with Crippen molar-refractivity contribution < 1.29 is 9.90 Å². The van der Waals surface area contributed by atoms with Crippen molar-refractivity contribution in [2.75, 3.05) is 12.9 Å². The van der Waals surface area contributed by atoms with Gasteiger partial charge in [-0.1, -0.05) is 0 Å². The molecule has 6 heteroatoms. The number of nitrogens with one attached hydrogen (secondary N) is 1. The molecular formula is C12H17N3O2S. The van der Waals surface area contributed by atoms with Gasteiger partial charge in [-0.2, -0.15) is 0 Å². The summed E-state index contributed by atoms with van der Waals surface area (Å²) in [5.74, 6) is 0.472. The van der Waals surface area contributed by atoms with Gasteiger partial charge >= 0.3 is 0 Å². The van der Waals surface area contributed by atoms with E-state index in [4.69, 9.17) is 0 Å². The third-order valence-electron chi connectivity index (χ3n) is 3.12. The highest BCUT2D eigenvalue weighted by Gasteiger charge is 2.44. The summed E-state index contributed by atoms with van der Waals surface area (Å²) in [6.07, 6.45) is 3.54. The fraction of sp³-hybridized carbons (Fsp3) is 0.583. The van der Waals surface area contributed by atoms with Crippen molar-refractivity contribution in [2.45, 2.75) is 37.3 Å². The summed E-state index contributed by atoms with van der Waals surface area (Å²) in [6, 6.07) is 0. The maximum atomic E-state index is 12.3. The van der Waals surface area contributed by atoms with E-state index in [1.165, 1.54) is 11.8 Å². The number of hydrogen-bond acceptors (Lipinski definition) is 5. The quantitative estimate of drug-likeness (QED) is 0.630. The van der Waals surface area contributed by atoms with Crippen molar-refractivity contribution >= 4 is 17.7 Å². The first-order chi connectivity index (χ1) is 8.51. The van der Waals surface area contributed by atoms with Crippen LogP contribution in [0, 0.1) is 13.8 Å². The number of amides is 1. The Hall–Kier alpha value is -1.14. The van der Waals surface area contributed by atoms with E-state index in [0.29, 0.717) is 22.1 Å². The number of aromatic nitrogens is 2. The Kier molecular flexibility index (Phi) is 3.59. The van der Waals surface area contributed by atoms with E-state index in [1.807, 2.05) is 20.1 Å². The molecule has 2 rings (SSSR count). The minimum atomic E-state index is -0.413. The van der Waals surface area contributed by atoms with E-state index in [-0.39, 0.29) is 12.5 Å². The van der Waals surface area contributed by atoms with Crippen molar-refractivity contribution in [2.24, 2.45) is 0 Å².